The molecule has 2 aliphatic rings. The number of methoxy groups -OCH3 is 1. The van der Waals surface area contributed by atoms with Gasteiger partial charge in [0.2, 0.25) is 5.91 Å². The number of nitrogens with zero attached hydrogens (tertiary/aromatic N) is 1. The number of rotatable bonds is 8. The van der Waals surface area contributed by atoms with Gasteiger partial charge in [0.15, 0.2) is 5.11 Å². The maximum Gasteiger partial charge on any atom is 0.338 e. The van der Waals surface area contributed by atoms with E-state index in [9.17, 15) is 9.59 Å². The summed E-state index contributed by atoms with van der Waals surface area (Å²) in [5.74, 6) is -0.193. The van der Waals surface area contributed by atoms with Crippen molar-refractivity contribution in [1.29, 1.82) is 0 Å². The summed E-state index contributed by atoms with van der Waals surface area (Å²) in [6.45, 7) is 5.01. The van der Waals surface area contributed by atoms with Crippen molar-refractivity contribution in [2.45, 2.75) is 32.7 Å². The topological polar surface area (TPSA) is 79.9 Å². The molecule has 3 rings (SSSR count). The number of ether oxygens (including phenoxy) is 2. The van der Waals surface area contributed by atoms with Crippen molar-refractivity contribution in [3.63, 3.8) is 0 Å². The second-order valence-electron chi connectivity index (χ2n) is 7.14. The highest BCUT2D eigenvalue weighted by Gasteiger charge is 2.34. The SMILES string of the molecule is CCN1C(=S)NC(c2ccc(NC(=O)C3CC3)cc2)C(C(=O)OCCOC)=C1C. The van der Waals surface area contributed by atoms with Crippen LogP contribution in [0.25, 0.3) is 0 Å². The largest absolute Gasteiger partial charge is 0.460 e. The molecular weight excluding hydrogens is 390 g/mol. The van der Waals surface area contributed by atoms with Gasteiger partial charge in [0, 0.05) is 31.0 Å². The normalized spacial score (nSPS) is 19.1. The molecule has 7 nitrogen and oxygen atoms in total. The van der Waals surface area contributed by atoms with Crippen LogP contribution in [-0.4, -0.2) is 48.8 Å². The van der Waals surface area contributed by atoms with E-state index in [4.69, 9.17) is 21.7 Å². The number of anilines is 1. The first kappa shape index (κ1) is 21.3. The lowest BCUT2D eigenvalue weighted by Crippen LogP contribution is -2.47. The average Bonchev–Trinajstić information content (AvgIpc) is 3.54. The molecule has 1 aliphatic carbocycles. The molecule has 156 valence electrons. The molecule has 1 unspecified atom stereocenters. The molecule has 1 amide bonds. The predicted molar refractivity (Wildman–Crippen MR) is 114 cm³/mol. The zero-order chi connectivity index (χ0) is 21.0. The Labute approximate surface area is 176 Å². The van der Waals surface area contributed by atoms with Gasteiger partial charge in [-0.2, -0.15) is 0 Å². The molecule has 1 saturated carbocycles. The summed E-state index contributed by atoms with van der Waals surface area (Å²) in [7, 11) is 1.56. The Bertz CT molecular complexity index is 818. The van der Waals surface area contributed by atoms with Crippen molar-refractivity contribution < 1.29 is 19.1 Å². The number of carbonyl (C=O) groups is 2. The lowest BCUT2D eigenvalue weighted by Gasteiger charge is -2.37. The first-order valence-electron chi connectivity index (χ1n) is 9.82. The lowest BCUT2D eigenvalue weighted by atomic mass is 9.95. The zero-order valence-corrected chi connectivity index (χ0v) is 17.8. The smallest absolute Gasteiger partial charge is 0.338 e. The Balaban J connectivity index is 1.84. The molecule has 29 heavy (non-hydrogen) atoms. The minimum atomic E-state index is -0.423. The molecule has 0 bridgehead atoms. The second-order valence-corrected chi connectivity index (χ2v) is 7.53. The molecule has 1 fully saturated rings. The molecule has 0 spiro atoms. The highest BCUT2D eigenvalue weighted by atomic mass is 32.1. The van der Waals surface area contributed by atoms with Crippen molar-refractivity contribution in [2.75, 3.05) is 32.2 Å². The summed E-state index contributed by atoms with van der Waals surface area (Å²) in [6.07, 6.45) is 1.92. The third kappa shape index (κ3) is 4.94. The number of benzene rings is 1. The van der Waals surface area contributed by atoms with E-state index in [0.717, 1.165) is 29.8 Å². The Morgan fingerprint density at radius 2 is 1.93 bits per heavy atom. The van der Waals surface area contributed by atoms with E-state index in [1.54, 1.807) is 7.11 Å². The third-order valence-corrected chi connectivity index (χ3v) is 5.45. The van der Waals surface area contributed by atoms with E-state index < -0.39 is 12.0 Å². The fraction of sp³-hybridized carbons (Fsp3) is 0.476. The fourth-order valence-electron chi connectivity index (χ4n) is 3.32. The number of amides is 1. The number of thiocarbonyl (C=S) groups is 1. The van der Waals surface area contributed by atoms with Gasteiger partial charge >= 0.3 is 5.97 Å². The zero-order valence-electron chi connectivity index (χ0n) is 17.0. The summed E-state index contributed by atoms with van der Waals surface area (Å²) in [5.41, 5.74) is 2.90. The van der Waals surface area contributed by atoms with Gasteiger partial charge in [-0.3, -0.25) is 4.79 Å². The molecule has 0 saturated heterocycles. The summed E-state index contributed by atoms with van der Waals surface area (Å²) < 4.78 is 10.4. The molecular formula is C21H27N3O4S. The number of hydrogen-bond acceptors (Lipinski definition) is 5. The van der Waals surface area contributed by atoms with Crippen LogP contribution in [0.15, 0.2) is 35.5 Å². The number of carbonyl (C=O) groups excluding carboxylic acids is 2. The van der Waals surface area contributed by atoms with Crippen molar-refractivity contribution in [2.24, 2.45) is 5.92 Å². The monoisotopic (exact) mass is 417 g/mol. The lowest BCUT2D eigenvalue weighted by molar-refractivity contribution is -0.140. The second kappa shape index (κ2) is 9.37. The average molecular weight is 418 g/mol. The van der Waals surface area contributed by atoms with Gasteiger partial charge in [-0.05, 0) is 56.6 Å². The van der Waals surface area contributed by atoms with Crippen LogP contribution in [0.1, 0.15) is 38.3 Å². The van der Waals surface area contributed by atoms with Gasteiger partial charge < -0.3 is 25.0 Å². The quantitative estimate of drug-likeness (QED) is 0.382. The number of nitrogens with one attached hydrogen (secondary N) is 2. The van der Waals surface area contributed by atoms with Gasteiger partial charge in [0.05, 0.1) is 18.2 Å². The summed E-state index contributed by atoms with van der Waals surface area (Å²) in [5, 5.41) is 6.74. The van der Waals surface area contributed by atoms with Crippen LogP contribution >= 0.6 is 12.2 Å². The van der Waals surface area contributed by atoms with Crippen LogP contribution in [0.4, 0.5) is 5.69 Å². The van der Waals surface area contributed by atoms with Crippen LogP contribution < -0.4 is 10.6 Å². The van der Waals surface area contributed by atoms with Gasteiger partial charge in [-0.15, -0.1) is 0 Å². The summed E-state index contributed by atoms with van der Waals surface area (Å²) in [4.78, 5) is 26.7. The van der Waals surface area contributed by atoms with E-state index in [1.807, 2.05) is 43.0 Å². The van der Waals surface area contributed by atoms with Crippen LogP contribution in [-0.2, 0) is 19.1 Å². The maximum absolute atomic E-state index is 12.8. The van der Waals surface area contributed by atoms with Crippen molar-refractivity contribution in [3.05, 3.63) is 41.1 Å². The Hall–Kier alpha value is -2.45. The Kier molecular flexibility index (Phi) is 6.87. The number of allylic oxidation sites excluding steroid dienone is 1. The standard InChI is InChI=1S/C21H27N3O4S/c1-4-24-13(2)17(20(26)28-12-11-27-3)18(23-21(24)29)14-7-9-16(10-8-14)22-19(25)15-5-6-15/h7-10,15,18H,4-6,11-12H2,1-3H3,(H,22,25)(H,23,29). The molecule has 2 N–H and O–H groups in total. The van der Waals surface area contributed by atoms with E-state index in [1.165, 1.54) is 0 Å². The van der Waals surface area contributed by atoms with E-state index in [2.05, 4.69) is 10.6 Å². The van der Waals surface area contributed by atoms with E-state index in [0.29, 0.717) is 23.8 Å². The molecule has 1 atom stereocenters. The first-order chi connectivity index (χ1) is 14.0. The van der Waals surface area contributed by atoms with Crippen LogP contribution in [0.3, 0.4) is 0 Å². The molecule has 1 aliphatic heterocycles. The number of hydrogen-bond donors (Lipinski definition) is 2. The maximum atomic E-state index is 12.8. The molecule has 0 aromatic heterocycles. The van der Waals surface area contributed by atoms with Gasteiger partial charge in [-0.1, -0.05) is 12.1 Å². The van der Waals surface area contributed by atoms with Gasteiger partial charge in [-0.25, -0.2) is 4.79 Å². The number of esters is 1. The van der Waals surface area contributed by atoms with Gasteiger partial charge in [0.1, 0.15) is 6.61 Å². The minimum Gasteiger partial charge on any atom is -0.460 e. The minimum absolute atomic E-state index is 0.0615. The van der Waals surface area contributed by atoms with Crippen LogP contribution in [0.2, 0.25) is 0 Å². The van der Waals surface area contributed by atoms with Crippen molar-refractivity contribution >= 4 is 34.9 Å². The molecule has 1 heterocycles. The van der Waals surface area contributed by atoms with Crippen molar-refractivity contribution in [3.8, 4) is 0 Å². The Morgan fingerprint density at radius 1 is 1.24 bits per heavy atom. The highest BCUT2D eigenvalue weighted by molar-refractivity contribution is 7.80. The summed E-state index contributed by atoms with van der Waals surface area (Å²) in [6, 6.07) is 7.04. The molecule has 8 heteroatoms. The molecule has 1 aromatic rings. The van der Waals surface area contributed by atoms with E-state index in [-0.39, 0.29) is 18.4 Å². The third-order valence-electron chi connectivity index (χ3n) is 5.11. The Morgan fingerprint density at radius 3 is 2.52 bits per heavy atom. The summed E-state index contributed by atoms with van der Waals surface area (Å²) >= 11 is 5.50. The van der Waals surface area contributed by atoms with E-state index >= 15 is 0 Å². The molecule has 1 aromatic carbocycles. The first-order valence-corrected chi connectivity index (χ1v) is 10.2. The highest BCUT2D eigenvalue weighted by Crippen LogP contribution is 2.33. The molecule has 0 radical (unpaired) electrons. The van der Waals surface area contributed by atoms with Crippen LogP contribution in [0.5, 0.6) is 0 Å². The van der Waals surface area contributed by atoms with Gasteiger partial charge in [0.25, 0.3) is 0 Å². The predicted octanol–water partition coefficient (Wildman–Crippen LogP) is 2.75. The fourth-order valence-corrected chi connectivity index (χ4v) is 3.70. The van der Waals surface area contributed by atoms with Crippen LogP contribution in [0, 0.1) is 5.92 Å². The van der Waals surface area contributed by atoms with Crippen molar-refractivity contribution in [1.82, 2.24) is 10.2 Å².